The topological polar surface area (TPSA) is 65.6 Å². The largest absolute Gasteiger partial charge is 0.417 e. The van der Waals surface area contributed by atoms with Crippen molar-refractivity contribution in [2.75, 3.05) is 12.4 Å². The Morgan fingerprint density at radius 1 is 1.12 bits per heavy atom. The number of anilines is 2. The molecule has 2 aromatic heterocycles. The number of imidazole rings is 1. The highest BCUT2D eigenvalue weighted by Crippen LogP contribution is 2.33. The molecule has 0 aliphatic heterocycles. The number of rotatable bonds is 5. The molecule has 0 aliphatic rings. The maximum absolute atomic E-state index is 12.6. The van der Waals surface area contributed by atoms with Gasteiger partial charge in [0, 0.05) is 28.5 Å². The van der Waals surface area contributed by atoms with Gasteiger partial charge in [0.05, 0.1) is 17.6 Å². The summed E-state index contributed by atoms with van der Waals surface area (Å²) in [5.74, 6) is 0.318. The van der Waals surface area contributed by atoms with Crippen molar-refractivity contribution in [3.8, 4) is 11.3 Å². The van der Waals surface area contributed by atoms with Crippen LogP contribution in [-0.4, -0.2) is 22.0 Å². The summed E-state index contributed by atoms with van der Waals surface area (Å²) in [7, 11) is 1.82. The molecule has 1 aromatic carbocycles. The molecule has 0 saturated heterocycles. The number of pyridine rings is 1. The standard InChI is InChI=1S/C16H14F3N5S/c1-20-25-11-3-4-13(12(6-11)14-8-21-9-23-14)24-15-5-2-10(7-22-15)16(17,18)19/h2-9,20H,1H3,(H,21,23)(H,22,24). The molecule has 0 aliphatic carbocycles. The SMILES string of the molecule is CNSc1ccc(Nc2ccc(C(F)(F)F)cn2)c(-c2c[nH]cn2)c1. The van der Waals surface area contributed by atoms with Crippen molar-refractivity contribution in [1.82, 2.24) is 19.7 Å². The highest BCUT2D eigenvalue weighted by molar-refractivity contribution is 7.97. The second-order valence-electron chi connectivity index (χ2n) is 5.02. The molecule has 0 fully saturated rings. The number of H-pyrrole nitrogens is 1. The van der Waals surface area contributed by atoms with Gasteiger partial charge in [-0.1, -0.05) is 0 Å². The fourth-order valence-corrected chi connectivity index (χ4v) is 2.76. The summed E-state index contributed by atoms with van der Waals surface area (Å²) in [6, 6.07) is 7.96. The number of nitrogens with zero attached hydrogens (tertiary/aromatic N) is 2. The number of halogens is 3. The van der Waals surface area contributed by atoms with Gasteiger partial charge in [-0.2, -0.15) is 13.2 Å². The van der Waals surface area contributed by atoms with E-state index in [2.05, 4.69) is 25.0 Å². The summed E-state index contributed by atoms with van der Waals surface area (Å²) in [5, 5.41) is 3.05. The number of nitrogens with one attached hydrogen (secondary N) is 3. The highest BCUT2D eigenvalue weighted by Gasteiger charge is 2.30. The normalized spacial score (nSPS) is 11.5. The summed E-state index contributed by atoms with van der Waals surface area (Å²) in [5.41, 5.74) is 1.43. The van der Waals surface area contributed by atoms with Crippen LogP contribution >= 0.6 is 11.9 Å². The second-order valence-corrected chi connectivity index (χ2v) is 6.11. The van der Waals surface area contributed by atoms with Gasteiger partial charge in [-0.3, -0.25) is 4.72 Å². The summed E-state index contributed by atoms with van der Waals surface area (Å²) in [6.45, 7) is 0. The molecule has 0 unspecified atom stereocenters. The third-order valence-corrected chi connectivity index (χ3v) is 4.03. The first-order chi connectivity index (χ1) is 12.0. The summed E-state index contributed by atoms with van der Waals surface area (Å²) in [6.07, 6.45) is -0.290. The van der Waals surface area contributed by atoms with Crippen molar-refractivity contribution in [1.29, 1.82) is 0 Å². The summed E-state index contributed by atoms with van der Waals surface area (Å²) >= 11 is 1.45. The van der Waals surface area contributed by atoms with Crippen LogP contribution in [0.2, 0.25) is 0 Å². The van der Waals surface area contributed by atoms with E-state index < -0.39 is 11.7 Å². The van der Waals surface area contributed by atoms with E-state index in [-0.39, 0.29) is 0 Å². The third kappa shape index (κ3) is 4.12. The molecule has 3 rings (SSSR count). The average Bonchev–Trinajstić information content (AvgIpc) is 3.10. The Balaban J connectivity index is 1.91. The predicted octanol–water partition coefficient (Wildman–Crippen LogP) is 4.46. The van der Waals surface area contributed by atoms with Gasteiger partial charge in [0.1, 0.15) is 5.82 Å². The molecular formula is C16H14F3N5S. The van der Waals surface area contributed by atoms with Crippen molar-refractivity contribution >= 4 is 23.5 Å². The summed E-state index contributed by atoms with van der Waals surface area (Å²) < 4.78 is 40.9. The Hall–Kier alpha value is -2.52. The minimum atomic E-state index is -4.41. The van der Waals surface area contributed by atoms with E-state index in [4.69, 9.17) is 0 Å². The molecule has 25 heavy (non-hydrogen) atoms. The van der Waals surface area contributed by atoms with Gasteiger partial charge < -0.3 is 10.3 Å². The molecule has 130 valence electrons. The maximum atomic E-state index is 12.6. The Bertz CT molecular complexity index is 832. The number of hydrogen-bond donors (Lipinski definition) is 3. The quantitative estimate of drug-likeness (QED) is 0.583. The van der Waals surface area contributed by atoms with E-state index in [1.54, 1.807) is 12.5 Å². The Morgan fingerprint density at radius 3 is 2.56 bits per heavy atom. The van der Waals surface area contributed by atoms with Gasteiger partial charge in [-0.15, -0.1) is 0 Å². The lowest BCUT2D eigenvalue weighted by atomic mass is 10.1. The zero-order chi connectivity index (χ0) is 17.9. The lowest BCUT2D eigenvalue weighted by molar-refractivity contribution is -0.137. The summed E-state index contributed by atoms with van der Waals surface area (Å²) in [4.78, 5) is 12.0. The van der Waals surface area contributed by atoms with E-state index in [1.165, 1.54) is 18.0 Å². The highest BCUT2D eigenvalue weighted by atomic mass is 32.2. The lowest BCUT2D eigenvalue weighted by Gasteiger charge is -2.13. The fourth-order valence-electron chi connectivity index (χ4n) is 2.21. The molecule has 3 aromatic rings. The molecule has 0 atom stereocenters. The van der Waals surface area contributed by atoms with E-state index >= 15 is 0 Å². The maximum Gasteiger partial charge on any atom is 0.417 e. The molecule has 3 N–H and O–H groups in total. The average molecular weight is 365 g/mol. The van der Waals surface area contributed by atoms with Crippen LogP contribution in [0.1, 0.15) is 5.56 Å². The van der Waals surface area contributed by atoms with Crippen molar-refractivity contribution in [3.63, 3.8) is 0 Å². The van der Waals surface area contributed by atoms with Crippen LogP contribution < -0.4 is 10.0 Å². The Kier molecular flexibility index (Phi) is 4.95. The van der Waals surface area contributed by atoms with Crippen molar-refractivity contribution in [2.24, 2.45) is 0 Å². The van der Waals surface area contributed by atoms with Gasteiger partial charge >= 0.3 is 6.18 Å². The van der Waals surface area contributed by atoms with Gasteiger partial charge in [-0.25, -0.2) is 9.97 Å². The van der Waals surface area contributed by atoms with Crippen LogP contribution in [-0.2, 0) is 6.18 Å². The monoisotopic (exact) mass is 365 g/mol. The van der Waals surface area contributed by atoms with Crippen LogP contribution in [0.15, 0.2) is 53.9 Å². The predicted molar refractivity (Wildman–Crippen MR) is 91.5 cm³/mol. The zero-order valence-electron chi connectivity index (χ0n) is 13.1. The minimum absolute atomic E-state index is 0.318. The van der Waals surface area contributed by atoms with Gasteiger partial charge in [0.2, 0.25) is 0 Å². The van der Waals surface area contributed by atoms with Crippen LogP contribution in [0.4, 0.5) is 24.7 Å². The Labute approximate surface area is 146 Å². The first-order valence-electron chi connectivity index (χ1n) is 7.24. The molecule has 9 heteroatoms. The Morgan fingerprint density at radius 2 is 1.96 bits per heavy atom. The zero-order valence-corrected chi connectivity index (χ0v) is 13.9. The van der Waals surface area contributed by atoms with Gasteiger partial charge in [-0.05, 0) is 49.3 Å². The van der Waals surface area contributed by atoms with E-state index in [0.717, 1.165) is 22.7 Å². The van der Waals surface area contributed by atoms with Gasteiger partial charge in [0.15, 0.2) is 0 Å². The molecule has 0 saturated carbocycles. The molecule has 0 spiro atoms. The molecule has 0 radical (unpaired) electrons. The van der Waals surface area contributed by atoms with Crippen LogP contribution in [0, 0.1) is 0 Å². The third-order valence-electron chi connectivity index (χ3n) is 3.34. The number of alkyl halides is 3. The van der Waals surface area contributed by atoms with E-state index in [9.17, 15) is 13.2 Å². The van der Waals surface area contributed by atoms with E-state index in [0.29, 0.717) is 17.2 Å². The van der Waals surface area contributed by atoms with Crippen molar-refractivity contribution in [3.05, 3.63) is 54.6 Å². The number of hydrogen-bond acceptors (Lipinski definition) is 5. The minimum Gasteiger partial charge on any atom is -0.351 e. The molecule has 0 bridgehead atoms. The van der Waals surface area contributed by atoms with E-state index in [1.807, 2.05) is 25.2 Å². The van der Waals surface area contributed by atoms with Crippen LogP contribution in [0.3, 0.4) is 0 Å². The lowest BCUT2D eigenvalue weighted by Crippen LogP contribution is -2.06. The number of aromatic nitrogens is 3. The number of benzene rings is 1. The van der Waals surface area contributed by atoms with Crippen LogP contribution in [0.5, 0.6) is 0 Å². The van der Waals surface area contributed by atoms with Crippen molar-refractivity contribution in [2.45, 2.75) is 11.1 Å². The molecule has 0 amide bonds. The first-order valence-corrected chi connectivity index (χ1v) is 8.06. The smallest absolute Gasteiger partial charge is 0.351 e. The van der Waals surface area contributed by atoms with Gasteiger partial charge in [0.25, 0.3) is 0 Å². The fraction of sp³-hybridized carbons (Fsp3) is 0.125. The first kappa shape index (κ1) is 17.3. The number of aromatic amines is 1. The van der Waals surface area contributed by atoms with Crippen LogP contribution in [0.25, 0.3) is 11.3 Å². The van der Waals surface area contributed by atoms with Crippen molar-refractivity contribution < 1.29 is 13.2 Å². The second kappa shape index (κ2) is 7.16. The molecule has 5 nitrogen and oxygen atoms in total. The molecule has 2 heterocycles. The molecular weight excluding hydrogens is 351 g/mol.